The molecule has 0 aromatic carbocycles. The summed E-state index contributed by atoms with van der Waals surface area (Å²) in [4.78, 5) is 25.1. The molecule has 0 saturated heterocycles. The zero-order valence-electron chi connectivity index (χ0n) is 38.8. The van der Waals surface area contributed by atoms with Gasteiger partial charge in [0.2, 0.25) is 0 Å². The Hall–Kier alpha value is -0.500. The van der Waals surface area contributed by atoms with Crippen LogP contribution < -0.4 is 4.89 Å². The van der Waals surface area contributed by atoms with E-state index in [0.29, 0.717) is 24.1 Å². The monoisotopic (exact) mass is 832 g/mol. The minimum Gasteiger partial charge on any atom is -0.756 e. The molecule has 0 rings (SSSR count). The maximum Gasteiger partial charge on any atom is 0.306 e. The van der Waals surface area contributed by atoms with Gasteiger partial charge in [-0.1, -0.05) is 226 Å². The summed E-state index contributed by atoms with van der Waals surface area (Å²) in [5.41, 5.74) is 0. The van der Waals surface area contributed by atoms with E-state index in [0.717, 1.165) is 32.1 Å². The van der Waals surface area contributed by atoms with Crippen LogP contribution in [0, 0.1) is 0 Å². The van der Waals surface area contributed by atoms with E-state index >= 15 is 0 Å². The van der Waals surface area contributed by atoms with Crippen molar-refractivity contribution in [2.24, 2.45) is 0 Å². The Morgan fingerprint density at radius 3 is 1.16 bits per heavy atom. The van der Waals surface area contributed by atoms with Crippen LogP contribution in [0.25, 0.3) is 0 Å². The minimum absolute atomic E-state index is 0.0316. The van der Waals surface area contributed by atoms with Crippen molar-refractivity contribution < 1.29 is 37.3 Å². The molecule has 0 aliphatic heterocycles. The van der Waals surface area contributed by atoms with Gasteiger partial charge in [-0.05, 0) is 12.8 Å². The highest BCUT2D eigenvalue weighted by molar-refractivity contribution is 7.45. The number of quaternary nitrogens is 1. The quantitative estimate of drug-likeness (QED) is 0.0261. The van der Waals surface area contributed by atoms with Gasteiger partial charge >= 0.3 is 5.97 Å². The van der Waals surface area contributed by atoms with Crippen molar-refractivity contribution in [3.63, 3.8) is 0 Å². The Bertz CT molecular complexity index is 883. The summed E-state index contributed by atoms with van der Waals surface area (Å²) in [5.74, 6) is -0.327. The van der Waals surface area contributed by atoms with Gasteiger partial charge in [-0.25, -0.2) is 0 Å². The fourth-order valence-corrected chi connectivity index (χ4v) is 8.04. The molecule has 0 aliphatic rings. The van der Waals surface area contributed by atoms with E-state index < -0.39 is 13.9 Å². The van der Waals surface area contributed by atoms with Crippen molar-refractivity contribution in [3.8, 4) is 0 Å². The number of phosphoric acid groups is 1. The number of hydrogen-bond acceptors (Lipinski definition) is 7. The molecule has 0 saturated carbocycles. The maximum absolute atomic E-state index is 12.7. The maximum atomic E-state index is 12.7. The van der Waals surface area contributed by atoms with E-state index in [1.807, 2.05) is 21.1 Å². The molecule has 0 bridgehead atoms. The van der Waals surface area contributed by atoms with Crippen LogP contribution in [0.4, 0.5) is 0 Å². The number of esters is 1. The van der Waals surface area contributed by atoms with Crippen LogP contribution in [-0.4, -0.2) is 70.7 Å². The van der Waals surface area contributed by atoms with Crippen LogP contribution in [0.3, 0.4) is 0 Å². The molecule has 0 amide bonds. The first-order valence-corrected chi connectivity index (χ1v) is 26.2. The summed E-state index contributed by atoms with van der Waals surface area (Å²) in [7, 11) is 1.38. The smallest absolute Gasteiger partial charge is 0.306 e. The lowest BCUT2D eigenvalue weighted by Crippen LogP contribution is -2.37. The highest BCUT2D eigenvalue weighted by atomic mass is 31.2. The summed E-state index contributed by atoms with van der Waals surface area (Å²) < 4.78 is 34.7. The van der Waals surface area contributed by atoms with Crippen LogP contribution in [0.15, 0.2) is 0 Å². The molecule has 8 nitrogen and oxygen atoms in total. The molecule has 0 aromatic heterocycles. The average molecular weight is 832 g/mol. The van der Waals surface area contributed by atoms with E-state index in [9.17, 15) is 14.3 Å². The van der Waals surface area contributed by atoms with Crippen LogP contribution >= 0.6 is 7.82 Å². The third-order valence-corrected chi connectivity index (χ3v) is 12.1. The van der Waals surface area contributed by atoms with Gasteiger partial charge in [0.15, 0.2) is 0 Å². The Balaban J connectivity index is 4.09. The second kappa shape index (κ2) is 42.2. The van der Waals surface area contributed by atoms with Crippen molar-refractivity contribution in [1.29, 1.82) is 0 Å². The van der Waals surface area contributed by atoms with Crippen LogP contribution in [0.1, 0.15) is 245 Å². The Labute approximate surface area is 355 Å². The Kier molecular flexibility index (Phi) is 41.8. The Morgan fingerprint density at radius 2 is 0.807 bits per heavy atom. The third-order valence-electron chi connectivity index (χ3n) is 11.2. The predicted octanol–water partition coefficient (Wildman–Crippen LogP) is 14.2. The van der Waals surface area contributed by atoms with Gasteiger partial charge in [0.1, 0.15) is 19.3 Å². The zero-order chi connectivity index (χ0) is 42.0. The van der Waals surface area contributed by atoms with E-state index in [4.69, 9.17) is 18.5 Å². The third kappa shape index (κ3) is 46.4. The number of rotatable bonds is 47. The first-order chi connectivity index (χ1) is 27.6. The molecule has 0 fully saturated rings. The minimum atomic E-state index is -4.52. The highest BCUT2D eigenvalue weighted by Crippen LogP contribution is 2.38. The highest BCUT2D eigenvalue weighted by Gasteiger charge is 2.20. The molecule has 0 radical (unpaired) electrons. The summed E-state index contributed by atoms with van der Waals surface area (Å²) >= 11 is 0. The van der Waals surface area contributed by atoms with Gasteiger partial charge in [0.25, 0.3) is 7.82 Å². The molecule has 342 valence electrons. The zero-order valence-corrected chi connectivity index (χ0v) is 39.7. The number of likely N-dealkylation sites (N-methyl/N-ethyl adjacent to an activating group) is 1. The summed E-state index contributed by atoms with van der Waals surface area (Å²) in [6.07, 6.45) is 45.5. The lowest BCUT2D eigenvalue weighted by atomic mass is 10.0. The van der Waals surface area contributed by atoms with Crippen LogP contribution in [0.2, 0.25) is 0 Å². The van der Waals surface area contributed by atoms with E-state index in [-0.39, 0.29) is 25.8 Å². The normalized spacial score (nSPS) is 13.6. The first-order valence-electron chi connectivity index (χ1n) is 24.8. The molecule has 2 atom stereocenters. The SMILES string of the molecule is CCCCCCCCCCCCCCCCCCCCCCOCC(COP(=O)([O-])OCC[N+](C)(C)C)OC(=O)CCCCCCCCCCCCCCCCC. The van der Waals surface area contributed by atoms with Gasteiger partial charge in [-0.3, -0.25) is 9.36 Å². The topological polar surface area (TPSA) is 94.1 Å². The van der Waals surface area contributed by atoms with Gasteiger partial charge in [-0.2, -0.15) is 0 Å². The van der Waals surface area contributed by atoms with Crippen molar-refractivity contribution >= 4 is 13.8 Å². The lowest BCUT2D eigenvalue weighted by Gasteiger charge is -2.28. The molecule has 0 aromatic rings. The van der Waals surface area contributed by atoms with E-state index in [2.05, 4.69) is 13.8 Å². The fraction of sp³-hybridized carbons (Fsp3) is 0.979. The molecule has 57 heavy (non-hydrogen) atoms. The molecule has 9 heteroatoms. The summed E-state index contributed by atoms with van der Waals surface area (Å²) in [6.45, 7) is 5.48. The van der Waals surface area contributed by atoms with Crippen molar-refractivity contribution in [2.45, 2.75) is 251 Å². The van der Waals surface area contributed by atoms with Gasteiger partial charge in [0, 0.05) is 13.0 Å². The van der Waals surface area contributed by atoms with Crippen molar-refractivity contribution in [1.82, 2.24) is 0 Å². The lowest BCUT2D eigenvalue weighted by molar-refractivity contribution is -0.870. The molecule has 0 heterocycles. The molecular weight excluding hydrogens is 734 g/mol. The van der Waals surface area contributed by atoms with E-state index in [1.54, 1.807) is 0 Å². The second-order valence-electron chi connectivity index (χ2n) is 18.2. The average Bonchev–Trinajstić information content (AvgIpc) is 3.16. The summed E-state index contributed by atoms with van der Waals surface area (Å²) in [6, 6.07) is 0. The summed E-state index contributed by atoms with van der Waals surface area (Å²) in [5, 5.41) is 0. The fourth-order valence-electron chi connectivity index (χ4n) is 7.31. The Morgan fingerprint density at radius 1 is 0.474 bits per heavy atom. The number of carbonyl (C=O) groups excluding carboxylic acids is 1. The van der Waals surface area contributed by atoms with Gasteiger partial charge in [0.05, 0.1) is 34.4 Å². The van der Waals surface area contributed by atoms with Crippen LogP contribution in [-0.2, 0) is 27.9 Å². The number of hydrogen-bond donors (Lipinski definition) is 0. The molecule has 2 unspecified atom stereocenters. The number of phosphoric ester groups is 1. The van der Waals surface area contributed by atoms with E-state index in [1.165, 1.54) is 193 Å². The van der Waals surface area contributed by atoms with Crippen molar-refractivity contribution in [3.05, 3.63) is 0 Å². The van der Waals surface area contributed by atoms with Crippen molar-refractivity contribution in [2.75, 3.05) is 54.1 Å². The van der Waals surface area contributed by atoms with Crippen LogP contribution in [0.5, 0.6) is 0 Å². The molecule has 0 aliphatic carbocycles. The van der Waals surface area contributed by atoms with Gasteiger partial charge < -0.3 is 27.9 Å². The first kappa shape index (κ1) is 56.5. The number of carbonyl (C=O) groups is 1. The number of nitrogens with zero attached hydrogens (tertiary/aromatic N) is 1. The molecular formula is C48H98NO7P. The number of unbranched alkanes of at least 4 members (excludes halogenated alkanes) is 33. The van der Waals surface area contributed by atoms with Gasteiger partial charge in [-0.15, -0.1) is 0 Å². The molecule has 0 spiro atoms. The molecule has 0 N–H and O–H groups in total. The standard InChI is InChI=1S/C48H98NO7P/c1-6-8-10-12-14-16-18-20-22-23-24-25-26-28-30-32-34-36-38-40-43-53-45-47(46-55-57(51,52)54-44-42-49(3,4)5)56-48(50)41-39-37-35-33-31-29-27-21-19-17-15-13-11-9-7-2/h47H,6-46H2,1-5H3. The largest absolute Gasteiger partial charge is 0.756 e. The number of ether oxygens (including phenoxy) is 2. The predicted molar refractivity (Wildman–Crippen MR) is 241 cm³/mol. The second-order valence-corrected chi connectivity index (χ2v) is 19.6.